The number of hydrogen-bond donors (Lipinski definition) is 1. The zero-order chi connectivity index (χ0) is 12.3. The molecule has 1 aromatic heterocycles. The van der Waals surface area contributed by atoms with Crippen LogP contribution in [0.4, 0.5) is 5.69 Å². The monoisotopic (exact) mass is 229 g/mol. The van der Waals surface area contributed by atoms with Crippen molar-refractivity contribution in [3.63, 3.8) is 0 Å². The van der Waals surface area contributed by atoms with Crippen molar-refractivity contribution >= 4 is 11.7 Å². The molecule has 0 fully saturated rings. The first kappa shape index (κ1) is 11.1. The number of esters is 1. The molecule has 0 saturated heterocycles. The molecule has 2 rings (SSSR count). The highest BCUT2D eigenvalue weighted by Gasteiger charge is 2.13. The van der Waals surface area contributed by atoms with E-state index in [1.165, 1.54) is 19.5 Å². The van der Waals surface area contributed by atoms with Crippen molar-refractivity contribution in [2.45, 2.75) is 0 Å². The van der Waals surface area contributed by atoms with Crippen LogP contribution < -0.4 is 5.73 Å². The first-order valence-electron chi connectivity index (χ1n) is 4.97. The number of hydrogen-bond acceptors (Lipinski definition) is 5. The van der Waals surface area contributed by atoms with Crippen molar-refractivity contribution in [1.82, 2.24) is 9.97 Å². The predicted octanol–water partition coefficient (Wildman–Crippen LogP) is 1.51. The zero-order valence-corrected chi connectivity index (χ0v) is 9.25. The fourth-order valence-corrected chi connectivity index (χ4v) is 1.44. The Kier molecular flexibility index (Phi) is 3.00. The highest BCUT2D eigenvalue weighted by Crippen LogP contribution is 2.20. The van der Waals surface area contributed by atoms with Crippen molar-refractivity contribution in [3.05, 3.63) is 42.2 Å². The van der Waals surface area contributed by atoms with Crippen LogP contribution in [0.5, 0.6) is 0 Å². The summed E-state index contributed by atoms with van der Waals surface area (Å²) in [7, 11) is 1.34. The molecule has 5 heteroatoms. The fraction of sp³-hybridized carbons (Fsp3) is 0.0833. The summed E-state index contributed by atoms with van der Waals surface area (Å²) < 4.78 is 4.70. The molecule has 0 radical (unpaired) electrons. The third kappa shape index (κ3) is 2.23. The topological polar surface area (TPSA) is 78.1 Å². The molecule has 5 nitrogen and oxygen atoms in total. The maximum absolute atomic E-state index is 11.6. The van der Waals surface area contributed by atoms with E-state index < -0.39 is 5.97 Å². The Morgan fingerprint density at radius 3 is 2.53 bits per heavy atom. The summed E-state index contributed by atoms with van der Waals surface area (Å²) >= 11 is 0. The molecule has 17 heavy (non-hydrogen) atoms. The Balaban J connectivity index is 2.51. The normalized spacial score (nSPS) is 9.94. The lowest BCUT2D eigenvalue weighted by Gasteiger charge is -2.06. The van der Waals surface area contributed by atoms with Crippen molar-refractivity contribution < 1.29 is 9.53 Å². The Morgan fingerprint density at radius 2 is 1.88 bits per heavy atom. The Morgan fingerprint density at radius 1 is 1.24 bits per heavy atom. The zero-order valence-electron chi connectivity index (χ0n) is 9.25. The molecule has 0 aliphatic carbocycles. The summed E-state index contributed by atoms with van der Waals surface area (Å²) in [5.41, 5.74) is 7.04. The summed E-state index contributed by atoms with van der Waals surface area (Å²) in [5.74, 6) is 0.0289. The van der Waals surface area contributed by atoms with Crippen LogP contribution in [0.15, 0.2) is 36.7 Å². The maximum atomic E-state index is 11.6. The van der Waals surface area contributed by atoms with Gasteiger partial charge in [-0.1, -0.05) is 18.2 Å². The number of carbonyl (C=O) groups excluding carboxylic acids is 1. The minimum absolute atomic E-state index is 0.416. The molecular weight excluding hydrogens is 218 g/mol. The Bertz CT molecular complexity index is 538. The van der Waals surface area contributed by atoms with Gasteiger partial charge in [0.25, 0.3) is 0 Å². The molecule has 1 heterocycles. The highest BCUT2D eigenvalue weighted by molar-refractivity contribution is 5.96. The quantitative estimate of drug-likeness (QED) is 0.790. The minimum atomic E-state index is -0.416. The third-order valence-electron chi connectivity index (χ3n) is 2.25. The van der Waals surface area contributed by atoms with Crippen LogP contribution in [0.1, 0.15) is 10.4 Å². The number of nitrogens with zero attached hydrogens (tertiary/aromatic N) is 2. The molecule has 0 aliphatic rings. The lowest BCUT2D eigenvalue weighted by Crippen LogP contribution is -2.04. The van der Waals surface area contributed by atoms with Gasteiger partial charge in [-0.05, 0) is 6.07 Å². The number of nitrogen functional groups attached to an aromatic ring is 1. The molecule has 1 aromatic carbocycles. The van der Waals surface area contributed by atoms with E-state index in [0.717, 1.165) is 0 Å². The van der Waals surface area contributed by atoms with Crippen LogP contribution in [0.25, 0.3) is 11.4 Å². The van der Waals surface area contributed by atoms with Gasteiger partial charge in [-0.2, -0.15) is 0 Å². The van der Waals surface area contributed by atoms with Gasteiger partial charge < -0.3 is 10.5 Å². The number of nitrogens with two attached hydrogens (primary N) is 1. The third-order valence-corrected chi connectivity index (χ3v) is 2.25. The highest BCUT2D eigenvalue weighted by atomic mass is 16.5. The second-order valence-electron chi connectivity index (χ2n) is 3.38. The van der Waals surface area contributed by atoms with Gasteiger partial charge in [0.05, 0.1) is 30.8 Å². The van der Waals surface area contributed by atoms with Crippen molar-refractivity contribution in [2.24, 2.45) is 0 Å². The van der Waals surface area contributed by atoms with Crippen LogP contribution in [-0.4, -0.2) is 23.0 Å². The second kappa shape index (κ2) is 4.61. The average molecular weight is 229 g/mol. The summed E-state index contributed by atoms with van der Waals surface area (Å²) in [5, 5.41) is 0. The lowest BCUT2D eigenvalue weighted by atomic mass is 10.1. The van der Waals surface area contributed by atoms with Gasteiger partial charge in [0.1, 0.15) is 0 Å². The van der Waals surface area contributed by atoms with Crippen molar-refractivity contribution in [1.29, 1.82) is 0 Å². The molecule has 0 bridgehead atoms. The number of anilines is 1. The number of rotatable bonds is 2. The lowest BCUT2D eigenvalue weighted by molar-refractivity contribution is 0.0601. The Labute approximate surface area is 98.3 Å². The number of carbonyl (C=O) groups is 1. The molecule has 0 amide bonds. The number of methoxy groups -OCH3 is 1. The van der Waals surface area contributed by atoms with Gasteiger partial charge in [0, 0.05) is 5.56 Å². The van der Waals surface area contributed by atoms with Crippen LogP contribution in [-0.2, 0) is 4.74 Å². The minimum Gasteiger partial charge on any atom is -0.465 e. The number of aromatic nitrogens is 2. The van der Waals surface area contributed by atoms with Crippen LogP contribution in [0.3, 0.4) is 0 Å². The summed E-state index contributed by atoms with van der Waals surface area (Å²) in [4.78, 5) is 19.7. The van der Waals surface area contributed by atoms with E-state index in [1.54, 1.807) is 18.2 Å². The molecule has 0 saturated carbocycles. The van der Waals surface area contributed by atoms with E-state index in [1.807, 2.05) is 6.07 Å². The summed E-state index contributed by atoms with van der Waals surface area (Å²) in [6.45, 7) is 0. The molecule has 0 aliphatic heterocycles. The van der Waals surface area contributed by atoms with E-state index in [0.29, 0.717) is 22.6 Å². The van der Waals surface area contributed by atoms with E-state index in [9.17, 15) is 4.79 Å². The summed E-state index contributed by atoms with van der Waals surface area (Å²) in [6, 6.07) is 6.99. The van der Waals surface area contributed by atoms with E-state index in [-0.39, 0.29) is 0 Å². The molecule has 0 atom stereocenters. The predicted molar refractivity (Wildman–Crippen MR) is 63.2 cm³/mol. The SMILES string of the molecule is COC(=O)c1ccccc1-c1ncc(N)cn1. The van der Waals surface area contributed by atoms with Gasteiger partial charge in [-0.25, -0.2) is 14.8 Å². The number of benzene rings is 1. The van der Waals surface area contributed by atoms with Crippen molar-refractivity contribution in [2.75, 3.05) is 12.8 Å². The van der Waals surface area contributed by atoms with Crippen LogP contribution in [0, 0.1) is 0 Å². The molecular formula is C12H11N3O2. The van der Waals surface area contributed by atoms with E-state index >= 15 is 0 Å². The first-order valence-corrected chi connectivity index (χ1v) is 4.97. The van der Waals surface area contributed by atoms with Gasteiger partial charge >= 0.3 is 5.97 Å². The van der Waals surface area contributed by atoms with Crippen molar-refractivity contribution in [3.8, 4) is 11.4 Å². The standard InChI is InChI=1S/C12H11N3O2/c1-17-12(16)10-5-3-2-4-9(10)11-14-6-8(13)7-15-11/h2-7H,13H2,1H3. The molecule has 2 aromatic rings. The van der Waals surface area contributed by atoms with Crippen LogP contribution in [0.2, 0.25) is 0 Å². The van der Waals surface area contributed by atoms with Gasteiger partial charge in [-0.15, -0.1) is 0 Å². The van der Waals surface area contributed by atoms with Gasteiger partial charge in [0.15, 0.2) is 5.82 Å². The van der Waals surface area contributed by atoms with E-state index in [2.05, 4.69) is 9.97 Å². The molecule has 2 N–H and O–H groups in total. The molecule has 86 valence electrons. The maximum Gasteiger partial charge on any atom is 0.338 e. The van der Waals surface area contributed by atoms with E-state index in [4.69, 9.17) is 10.5 Å². The second-order valence-corrected chi connectivity index (χ2v) is 3.38. The van der Waals surface area contributed by atoms with Gasteiger partial charge in [-0.3, -0.25) is 0 Å². The summed E-state index contributed by atoms with van der Waals surface area (Å²) in [6.07, 6.45) is 2.99. The Hall–Kier alpha value is -2.43. The largest absolute Gasteiger partial charge is 0.465 e. The first-order chi connectivity index (χ1) is 8.22. The smallest absolute Gasteiger partial charge is 0.338 e. The molecule has 0 spiro atoms. The fourth-order valence-electron chi connectivity index (χ4n) is 1.44. The number of ether oxygens (including phenoxy) is 1. The van der Waals surface area contributed by atoms with Crippen LogP contribution >= 0.6 is 0 Å². The van der Waals surface area contributed by atoms with Gasteiger partial charge in [0.2, 0.25) is 0 Å². The average Bonchev–Trinajstić information content (AvgIpc) is 2.39. The molecule has 0 unspecified atom stereocenters.